The van der Waals surface area contributed by atoms with Gasteiger partial charge in [0.2, 0.25) is 5.91 Å². The van der Waals surface area contributed by atoms with E-state index in [2.05, 4.69) is 20.6 Å². The number of nitrogens with zero attached hydrogens (tertiary/aromatic N) is 4. The largest absolute Gasteiger partial charge is 0.354 e. The number of H-pyrrole nitrogens is 1. The van der Waals surface area contributed by atoms with Gasteiger partial charge in [0.05, 0.1) is 11.4 Å². The first-order valence-electron chi connectivity index (χ1n) is 9.76. The Balaban J connectivity index is 1.75. The van der Waals surface area contributed by atoms with E-state index < -0.39 is 0 Å². The zero-order chi connectivity index (χ0) is 20.3. The summed E-state index contributed by atoms with van der Waals surface area (Å²) in [6.07, 6.45) is 3.18. The highest BCUT2D eigenvalue weighted by atomic mass is 16.2. The minimum atomic E-state index is -0.0873. The molecule has 1 unspecified atom stereocenters. The molecule has 0 aliphatic carbocycles. The van der Waals surface area contributed by atoms with Gasteiger partial charge in [-0.1, -0.05) is 0 Å². The van der Waals surface area contributed by atoms with E-state index in [4.69, 9.17) is 5.73 Å². The van der Waals surface area contributed by atoms with Crippen molar-refractivity contribution in [2.24, 2.45) is 12.8 Å². The van der Waals surface area contributed by atoms with Crippen molar-refractivity contribution in [3.8, 4) is 11.3 Å². The lowest BCUT2D eigenvalue weighted by atomic mass is 10.0. The van der Waals surface area contributed by atoms with Crippen LogP contribution in [0.15, 0.2) is 6.07 Å². The van der Waals surface area contributed by atoms with Gasteiger partial charge in [-0.3, -0.25) is 19.4 Å². The van der Waals surface area contributed by atoms with Crippen molar-refractivity contribution in [2.45, 2.75) is 45.6 Å². The molecular formula is C19H29N7O2. The molecule has 1 atom stereocenters. The summed E-state index contributed by atoms with van der Waals surface area (Å²) in [6.45, 7) is 5.37. The molecule has 1 aliphatic rings. The monoisotopic (exact) mass is 387 g/mol. The number of nitrogens with one attached hydrogen (secondary N) is 2. The number of rotatable bonds is 6. The van der Waals surface area contributed by atoms with Gasteiger partial charge in [0, 0.05) is 50.4 Å². The quantitative estimate of drug-likeness (QED) is 0.679. The third kappa shape index (κ3) is 4.09. The average Bonchev–Trinajstić information content (AvgIpc) is 3.24. The molecule has 0 aromatic carbocycles. The van der Waals surface area contributed by atoms with Crippen LogP contribution in [0.25, 0.3) is 11.3 Å². The normalized spacial score (nSPS) is 17.0. The summed E-state index contributed by atoms with van der Waals surface area (Å²) in [5.74, 6) is -0.164. The first kappa shape index (κ1) is 20.1. The van der Waals surface area contributed by atoms with E-state index in [0.717, 1.165) is 41.9 Å². The van der Waals surface area contributed by atoms with Gasteiger partial charge in [-0.2, -0.15) is 10.2 Å². The number of hydrogen-bond donors (Lipinski definition) is 3. The van der Waals surface area contributed by atoms with Gasteiger partial charge < -0.3 is 16.0 Å². The van der Waals surface area contributed by atoms with Crippen LogP contribution in [-0.2, 0) is 11.8 Å². The molecule has 152 valence electrons. The van der Waals surface area contributed by atoms with Crippen LogP contribution >= 0.6 is 0 Å². The molecule has 9 nitrogen and oxygen atoms in total. The van der Waals surface area contributed by atoms with Crippen LogP contribution in [0.2, 0.25) is 0 Å². The van der Waals surface area contributed by atoms with E-state index in [1.165, 1.54) is 0 Å². The molecule has 0 saturated carbocycles. The van der Waals surface area contributed by atoms with Crippen LogP contribution in [0.3, 0.4) is 0 Å². The Morgan fingerprint density at radius 2 is 2.14 bits per heavy atom. The highest BCUT2D eigenvalue weighted by Crippen LogP contribution is 2.26. The summed E-state index contributed by atoms with van der Waals surface area (Å²) < 4.78 is 1.81. The number of amides is 2. The van der Waals surface area contributed by atoms with E-state index in [0.29, 0.717) is 31.7 Å². The number of carbonyl (C=O) groups is 2. The highest BCUT2D eigenvalue weighted by molar-refractivity contribution is 5.94. The Labute approximate surface area is 164 Å². The van der Waals surface area contributed by atoms with Gasteiger partial charge in [-0.05, 0) is 39.2 Å². The van der Waals surface area contributed by atoms with Crippen molar-refractivity contribution >= 4 is 11.8 Å². The van der Waals surface area contributed by atoms with E-state index in [-0.39, 0.29) is 17.9 Å². The lowest BCUT2D eigenvalue weighted by Crippen LogP contribution is -2.49. The highest BCUT2D eigenvalue weighted by Gasteiger charge is 2.29. The van der Waals surface area contributed by atoms with E-state index in [9.17, 15) is 9.59 Å². The Morgan fingerprint density at radius 1 is 1.36 bits per heavy atom. The Morgan fingerprint density at radius 3 is 2.82 bits per heavy atom. The second kappa shape index (κ2) is 8.55. The van der Waals surface area contributed by atoms with Crippen molar-refractivity contribution in [1.82, 2.24) is 30.2 Å². The molecule has 9 heteroatoms. The van der Waals surface area contributed by atoms with Crippen LogP contribution in [0.4, 0.5) is 0 Å². The van der Waals surface area contributed by atoms with Crippen molar-refractivity contribution in [3.05, 3.63) is 23.1 Å². The van der Waals surface area contributed by atoms with Crippen LogP contribution in [0, 0.1) is 13.8 Å². The molecule has 4 N–H and O–H groups in total. The first-order valence-corrected chi connectivity index (χ1v) is 9.76. The van der Waals surface area contributed by atoms with Gasteiger partial charge in [-0.15, -0.1) is 0 Å². The number of aromatic amines is 1. The number of piperidine rings is 1. The molecule has 28 heavy (non-hydrogen) atoms. The fraction of sp³-hybridized carbons (Fsp3) is 0.579. The van der Waals surface area contributed by atoms with Gasteiger partial charge in [0.25, 0.3) is 5.91 Å². The number of nitrogens with two attached hydrogens (primary N) is 1. The van der Waals surface area contributed by atoms with Gasteiger partial charge in [0.15, 0.2) is 0 Å². The molecular weight excluding hydrogens is 358 g/mol. The molecule has 1 saturated heterocycles. The SMILES string of the molecule is Cc1nn(C)c(C)c1-c1cc(C(=O)N2CCCCC2CNC(=O)CCN)[nH]n1. The molecule has 0 spiro atoms. The van der Waals surface area contributed by atoms with Gasteiger partial charge >= 0.3 is 0 Å². The number of hydrogen-bond acceptors (Lipinski definition) is 5. The molecule has 2 aromatic heterocycles. The molecule has 3 heterocycles. The second-order valence-corrected chi connectivity index (χ2v) is 7.33. The van der Waals surface area contributed by atoms with Crippen molar-refractivity contribution in [3.63, 3.8) is 0 Å². The molecule has 1 aliphatic heterocycles. The van der Waals surface area contributed by atoms with E-state index in [1.807, 2.05) is 30.5 Å². The topological polar surface area (TPSA) is 122 Å². The van der Waals surface area contributed by atoms with E-state index in [1.54, 1.807) is 6.07 Å². The fourth-order valence-electron chi connectivity index (χ4n) is 3.79. The van der Waals surface area contributed by atoms with Crippen molar-refractivity contribution in [1.29, 1.82) is 0 Å². The average molecular weight is 387 g/mol. The zero-order valence-electron chi connectivity index (χ0n) is 16.8. The lowest BCUT2D eigenvalue weighted by Gasteiger charge is -2.35. The lowest BCUT2D eigenvalue weighted by molar-refractivity contribution is -0.121. The molecule has 2 aromatic rings. The van der Waals surface area contributed by atoms with Crippen LogP contribution in [0.5, 0.6) is 0 Å². The maximum Gasteiger partial charge on any atom is 0.272 e. The first-order chi connectivity index (χ1) is 13.4. The number of aryl methyl sites for hydroxylation is 2. The second-order valence-electron chi connectivity index (χ2n) is 7.33. The molecule has 2 amide bonds. The number of carbonyl (C=O) groups excluding carboxylic acids is 2. The number of likely N-dealkylation sites (tertiary alicyclic amines) is 1. The smallest absolute Gasteiger partial charge is 0.272 e. The maximum absolute atomic E-state index is 13.1. The number of aromatic nitrogens is 4. The summed E-state index contributed by atoms with van der Waals surface area (Å²) in [5, 5.41) is 14.5. The van der Waals surface area contributed by atoms with Crippen molar-refractivity contribution in [2.75, 3.05) is 19.6 Å². The summed E-state index contributed by atoms with van der Waals surface area (Å²) in [6, 6.07) is 1.77. The van der Waals surface area contributed by atoms with E-state index >= 15 is 0 Å². The minimum absolute atomic E-state index is 0.0170. The summed E-state index contributed by atoms with van der Waals surface area (Å²) in [5.41, 5.74) is 9.42. The Hall–Kier alpha value is -2.68. The Bertz CT molecular complexity index is 855. The maximum atomic E-state index is 13.1. The Kier molecular flexibility index (Phi) is 6.13. The van der Waals surface area contributed by atoms with Gasteiger partial charge in [-0.25, -0.2) is 0 Å². The minimum Gasteiger partial charge on any atom is -0.354 e. The van der Waals surface area contributed by atoms with Crippen LogP contribution in [-0.4, -0.2) is 62.4 Å². The predicted molar refractivity (Wildman–Crippen MR) is 106 cm³/mol. The predicted octanol–water partition coefficient (Wildman–Crippen LogP) is 0.887. The van der Waals surface area contributed by atoms with Crippen LogP contribution < -0.4 is 11.1 Å². The molecule has 3 rings (SSSR count). The molecule has 0 radical (unpaired) electrons. The summed E-state index contributed by atoms with van der Waals surface area (Å²) in [7, 11) is 1.89. The summed E-state index contributed by atoms with van der Waals surface area (Å²) in [4.78, 5) is 26.7. The third-order valence-corrected chi connectivity index (χ3v) is 5.37. The zero-order valence-corrected chi connectivity index (χ0v) is 16.8. The van der Waals surface area contributed by atoms with Crippen molar-refractivity contribution < 1.29 is 9.59 Å². The van der Waals surface area contributed by atoms with Crippen LogP contribution in [0.1, 0.15) is 47.6 Å². The molecule has 0 bridgehead atoms. The standard InChI is InChI=1S/C19H29N7O2/c1-12-18(13(2)25(3)24-12)15-10-16(23-22-15)19(28)26-9-5-4-6-14(26)11-21-17(27)7-8-20/h10,14H,4-9,11,20H2,1-3H3,(H,21,27)(H,22,23). The van der Waals surface area contributed by atoms with Gasteiger partial charge in [0.1, 0.15) is 5.69 Å². The fourth-order valence-corrected chi connectivity index (χ4v) is 3.79. The molecule has 1 fully saturated rings. The third-order valence-electron chi connectivity index (χ3n) is 5.37. The summed E-state index contributed by atoms with van der Waals surface area (Å²) >= 11 is 0.